The molecule has 4 nitrogen and oxygen atoms in total. The number of anilines is 1. The first-order chi connectivity index (χ1) is 9.54. The Hall–Kier alpha value is -0.980. The lowest BCUT2D eigenvalue weighted by Crippen LogP contribution is -2.23. The number of nitrogens with one attached hydrogen (secondary N) is 1. The van der Waals surface area contributed by atoms with E-state index in [1.54, 1.807) is 11.3 Å². The summed E-state index contributed by atoms with van der Waals surface area (Å²) < 4.78 is 1.13. The molecule has 0 aliphatic rings. The highest BCUT2D eigenvalue weighted by atomic mass is 79.9. The number of hydrogen-bond acceptors (Lipinski definition) is 5. The van der Waals surface area contributed by atoms with Crippen molar-refractivity contribution in [3.63, 3.8) is 0 Å². The Morgan fingerprint density at radius 3 is 2.85 bits per heavy atom. The van der Waals surface area contributed by atoms with Crippen molar-refractivity contribution < 1.29 is 0 Å². The molecule has 2 aromatic heterocycles. The van der Waals surface area contributed by atoms with Crippen molar-refractivity contribution in [2.75, 3.05) is 11.9 Å². The average Bonchev–Trinajstić information content (AvgIpc) is 2.82. The minimum Gasteiger partial charge on any atom is -0.353 e. The average molecular weight is 355 g/mol. The predicted molar refractivity (Wildman–Crippen MR) is 88.1 cm³/mol. The molecule has 0 saturated carbocycles. The molecule has 0 atom stereocenters. The SMILES string of the molecule is CC(C)NCc1cncc(N(C)Cc2cc(Br)cs2)n1. The molecular formula is C14H19BrN4S. The van der Waals surface area contributed by atoms with E-state index in [9.17, 15) is 0 Å². The maximum absolute atomic E-state index is 4.64. The lowest BCUT2D eigenvalue weighted by molar-refractivity contribution is 0.580. The van der Waals surface area contributed by atoms with Crippen LogP contribution in [-0.2, 0) is 13.1 Å². The molecule has 2 rings (SSSR count). The fourth-order valence-corrected chi connectivity index (χ4v) is 3.23. The normalized spacial score (nSPS) is 11.1. The Bertz CT molecular complexity index is 556. The molecule has 0 spiro atoms. The van der Waals surface area contributed by atoms with Crippen LogP contribution in [0.4, 0.5) is 5.82 Å². The van der Waals surface area contributed by atoms with Crippen LogP contribution in [0.5, 0.6) is 0 Å². The topological polar surface area (TPSA) is 41.1 Å². The quantitative estimate of drug-likeness (QED) is 0.862. The Balaban J connectivity index is 2.02. The summed E-state index contributed by atoms with van der Waals surface area (Å²) in [5.41, 5.74) is 0.968. The van der Waals surface area contributed by atoms with Gasteiger partial charge in [0.2, 0.25) is 0 Å². The van der Waals surface area contributed by atoms with Crippen molar-refractivity contribution in [1.82, 2.24) is 15.3 Å². The summed E-state index contributed by atoms with van der Waals surface area (Å²) in [4.78, 5) is 12.3. The molecule has 6 heteroatoms. The van der Waals surface area contributed by atoms with Gasteiger partial charge < -0.3 is 10.2 Å². The number of thiophene rings is 1. The van der Waals surface area contributed by atoms with Crippen LogP contribution in [0, 0.1) is 0 Å². The molecule has 0 amide bonds. The summed E-state index contributed by atoms with van der Waals surface area (Å²) in [6, 6.07) is 2.58. The molecule has 0 aromatic carbocycles. The van der Waals surface area contributed by atoms with Crippen LogP contribution in [0.25, 0.3) is 0 Å². The summed E-state index contributed by atoms with van der Waals surface area (Å²) >= 11 is 5.22. The predicted octanol–water partition coefficient (Wildman–Crippen LogP) is 3.44. The molecule has 2 heterocycles. The summed E-state index contributed by atoms with van der Waals surface area (Å²) in [7, 11) is 2.04. The second-order valence-electron chi connectivity index (χ2n) is 4.99. The largest absolute Gasteiger partial charge is 0.353 e. The zero-order valence-corrected chi connectivity index (χ0v) is 14.3. The van der Waals surface area contributed by atoms with Crippen LogP contribution in [0.3, 0.4) is 0 Å². The number of aromatic nitrogens is 2. The second-order valence-corrected chi connectivity index (χ2v) is 6.90. The number of rotatable bonds is 6. The molecule has 1 N–H and O–H groups in total. The van der Waals surface area contributed by atoms with Crippen LogP contribution in [0.1, 0.15) is 24.4 Å². The Labute approximate surface area is 132 Å². The molecule has 0 radical (unpaired) electrons. The molecule has 0 unspecified atom stereocenters. The summed E-state index contributed by atoms with van der Waals surface area (Å²) in [6.07, 6.45) is 3.62. The summed E-state index contributed by atoms with van der Waals surface area (Å²) in [5.74, 6) is 0.901. The molecule has 108 valence electrons. The zero-order valence-electron chi connectivity index (χ0n) is 11.9. The summed E-state index contributed by atoms with van der Waals surface area (Å²) in [6.45, 7) is 5.83. The monoisotopic (exact) mass is 354 g/mol. The molecule has 0 aliphatic heterocycles. The van der Waals surface area contributed by atoms with Gasteiger partial charge in [0.1, 0.15) is 5.82 Å². The van der Waals surface area contributed by atoms with Crippen molar-refractivity contribution in [3.05, 3.63) is 38.9 Å². The van der Waals surface area contributed by atoms with Crippen LogP contribution in [-0.4, -0.2) is 23.1 Å². The number of nitrogens with zero attached hydrogens (tertiary/aromatic N) is 3. The van der Waals surface area contributed by atoms with Crippen molar-refractivity contribution in [2.45, 2.75) is 33.0 Å². The highest BCUT2D eigenvalue weighted by Gasteiger charge is 2.07. The van der Waals surface area contributed by atoms with Gasteiger partial charge in [-0.3, -0.25) is 4.98 Å². The summed E-state index contributed by atoms with van der Waals surface area (Å²) in [5, 5.41) is 5.45. The van der Waals surface area contributed by atoms with Crippen LogP contribution < -0.4 is 10.2 Å². The lowest BCUT2D eigenvalue weighted by atomic mass is 10.3. The fraction of sp³-hybridized carbons (Fsp3) is 0.429. The van der Waals surface area contributed by atoms with Gasteiger partial charge in [0.25, 0.3) is 0 Å². The van der Waals surface area contributed by atoms with Gasteiger partial charge in [-0.15, -0.1) is 11.3 Å². The highest BCUT2D eigenvalue weighted by Crippen LogP contribution is 2.22. The van der Waals surface area contributed by atoms with Crippen LogP contribution >= 0.6 is 27.3 Å². The van der Waals surface area contributed by atoms with Gasteiger partial charge >= 0.3 is 0 Å². The molecule has 0 bridgehead atoms. The van der Waals surface area contributed by atoms with E-state index in [1.165, 1.54) is 4.88 Å². The second kappa shape index (κ2) is 7.15. The van der Waals surface area contributed by atoms with E-state index in [-0.39, 0.29) is 0 Å². The Morgan fingerprint density at radius 2 is 2.20 bits per heavy atom. The van der Waals surface area contributed by atoms with E-state index < -0.39 is 0 Å². The van der Waals surface area contributed by atoms with Crippen molar-refractivity contribution in [3.8, 4) is 0 Å². The fourth-order valence-electron chi connectivity index (χ4n) is 1.72. The van der Waals surface area contributed by atoms with Crippen LogP contribution in [0.2, 0.25) is 0 Å². The van der Waals surface area contributed by atoms with Gasteiger partial charge in [-0.2, -0.15) is 0 Å². The number of hydrogen-bond donors (Lipinski definition) is 1. The van der Waals surface area contributed by atoms with Crippen molar-refractivity contribution in [2.24, 2.45) is 0 Å². The Kier molecular flexibility index (Phi) is 5.51. The smallest absolute Gasteiger partial charge is 0.147 e. The first kappa shape index (κ1) is 15.4. The molecule has 0 fully saturated rings. The van der Waals surface area contributed by atoms with Crippen molar-refractivity contribution >= 4 is 33.1 Å². The van der Waals surface area contributed by atoms with E-state index in [0.29, 0.717) is 6.04 Å². The Morgan fingerprint density at radius 1 is 1.40 bits per heavy atom. The van der Waals surface area contributed by atoms with E-state index >= 15 is 0 Å². The van der Waals surface area contributed by atoms with Gasteiger partial charge in [0.15, 0.2) is 0 Å². The van der Waals surface area contributed by atoms with Crippen LogP contribution in [0.15, 0.2) is 28.3 Å². The highest BCUT2D eigenvalue weighted by molar-refractivity contribution is 9.10. The first-order valence-electron chi connectivity index (χ1n) is 6.53. The third-order valence-electron chi connectivity index (χ3n) is 2.77. The van der Waals surface area contributed by atoms with E-state index in [1.807, 2.05) is 19.4 Å². The molecule has 0 aliphatic carbocycles. The minimum atomic E-state index is 0.446. The van der Waals surface area contributed by atoms with Gasteiger partial charge in [-0.1, -0.05) is 13.8 Å². The van der Waals surface area contributed by atoms with Gasteiger partial charge in [-0.25, -0.2) is 4.98 Å². The molecule has 0 saturated heterocycles. The zero-order chi connectivity index (χ0) is 14.5. The maximum Gasteiger partial charge on any atom is 0.147 e. The molecular weight excluding hydrogens is 336 g/mol. The van der Waals surface area contributed by atoms with Gasteiger partial charge in [0.05, 0.1) is 18.4 Å². The third kappa shape index (κ3) is 4.54. The molecule has 20 heavy (non-hydrogen) atoms. The standard InChI is InChI=1S/C14H19BrN4S/c1-10(2)17-6-12-5-16-7-14(18-12)19(3)8-13-4-11(15)9-20-13/h4-5,7,9-10,17H,6,8H2,1-3H3. The lowest BCUT2D eigenvalue weighted by Gasteiger charge is -2.17. The number of halogens is 1. The maximum atomic E-state index is 4.64. The van der Waals surface area contributed by atoms with E-state index in [0.717, 1.165) is 29.1 Å². The van der Waals surface area contributed by atoms with Crippen molar-refractivity contribution in [1.29, 1.82) is 0 Å². The molecule has 2 aromatic rings. The van der Waals surface area contributed by atoms with E-state index in [2.05, 4.69) is 61.4 Å². The van der Waals surface area contributed by atoms with E-state index in [4.69, 9.17) is 0 Å². The first-order valence-corrected chi connectivity index (χ1v) is 8.20. The third-order valence-corrected chi connectivity index (χ3v) is 4.45. The van der Waals surface area contributed by atoms with Gasteiger partial charge in [-0.05, 0) is 22.0 Å². The minimum absolute atomic E-state index is 0.446. The van der Waals surface area contributed by atoms with Gasteiger partial charge in [0, 0.05) is 40.6 Å².